The average Bonchev–Trinajstić information content (AvgIpc) is 2.73. The van der Waals surface area contributed by atoms with Crippen LogP contribution in [0.5, 0.6) is 0 Å². The van der Waals surface area contributed by atoms with Crippen molar-refractivity contribution in [1.29, 1.82) is 0 Å². The Kier molecular flexibility index (Phi) is 5.12. The summed E-state index contributed by atoms with van der Waals surface area (Å²) in [6, 6.07) is 0.477. The van der Waals surface area contributed by atoms with Crippen LogP contribution in [0, 0.1) is 0 Å². The lowest BCUT2D eigenvalue weighted by atomic mass is 9.95. The van der Waals surface area contributed by atoms with Gasteiger partial charge in [0.25, 0.3) is 5.95 Å². The first kappa shape index (κ1) is 14.8. The Bertz CT molecular complexity index is 426. The lowest BCUT2D eigenvalue weighted by molar-refractivity contribution is 0.310. The van der Waals surface area contributed by atoms with E-state index >= 15 is 0 Å². The van der Waals surface area contributed by atoms with Crippen LogP contribution in [0.1, 0.15) is 69.6 Å². The summed E-state index contributed by atoms with van der Waals surface area (Å²) in [4.78, 5) is 7.04. The summed E-state index contributed by atoms with van der Waals surface area (Å²) in [7, 11) is 2.05. The van der Waals surface area contributed by atoms with E-state index in [0.717, 1.165) is 31.3 Å². The van der Waals surface area contributed by atoms with Gasteiger partial charge in [-0.05, 0) is 37.9 Å². The van der Waals surface area contributed by atoms with Crippen molar-refractivity contribution in [3.8, 4) is 0 Å². The van der Waals surface area contributed by atoms with Crippen LogP contribution in [0.3, 0.4) is 0 Å². The molecule has 118 valence electrons. The zero-order chi connectivity index (χ0) is 14.5. The van der Waals surface area contributed by atoms with Gasteiger partial charge < -0.3 is 14.7 Å². The van der Waals surface area contributed by atoms with Gasteiger partial charge in [-0.25, -0.2) is 0 Å². The Labute approximate surface area is 127 Å². The molecule has 1 aromatic heterocycles. The fourth-order valence-corrected chi connectivity index (χ4v) is 3.73. The molecule has 2 atom stereocenters. The minimum Gasteiger partial charge on any atom is -0.338 e. The van der Waals surface area contributed by atoms with Crippen molar-refractivity contribution in [1.82, 2.24) is 15.5 Å². The van der Waals surface area contributed by atoms with E-state index in [9.17, 15) is 0 Å². The highest BCUT2D eigenvalue weighted by molar-refractivity contribution is 5.28. The van der Waals surface area contributed by atoms with Crippen molar-refractivity contribution in [2.45, 2.75) is 69.7 Å². The molecule has 3 rings (SSSR count). The van der Waals surface area contributed by atoms with Crippen LogP contribution in [0.25, 0.3) is 0 Å². The molecule has 2 aliphatic rings. The fourth-order valence-electron chi connectivity index (χ4n) is 3.73. The molecule has 0 amide bonds. The lowest BCUT2D eigenvalue weighted by Gasteiger charge is -2.21. The molecule has 5 heteroatoms. The molecule has 2 fully saturated rings. The van der Waals surface area contributed by atoms with Gasteiger partial charge in [-0.2, -0.15) is 4.98 Å². The highest BCUT2D eigenvalue weighted by Gasteiger charge is 2.29. The van der Waals surface area contributed by atoms with Crippen LogP contribution in [0.4, 0.5) is 5.95 Å². The van der Waals surface area contributed by atoms with Crippen LogP contribution in [-0.4, -0.2) is 36.3 Å². The first-order valence-corrected chi connectivity index (χ1v) is 8.64. The molecule has 21 heavy (non-hydrogen) atoms. The number of nitrogens with one attached hydrogen (secondary N) is 1. The molecular weight excluding hydrogens is 264 g/mol. The number of hydrogen-bond donors (Lipinski definition) is 1. The van der Waals surface area contributed by atoms with Gasteiger partial charge in [-0.1, -0.05) is 32.1 Å². The van der Waals surface area contributed by atoms with Gasteiger partial charge in [0, 0.05) is 19.1 Å². The largest absolute Gasteiger partial charge is 0.338 e. The SMILES string of the molecule is CNC1CCCCCC1c1nc(N2CCCCCC2)no1. The smallest absolute Gasteiger partial charge is 0.266 e. The van der Waals surface area contributed by atoms with Gasteiger partial charge in [-0.3, -0.25) is 0 Å². The standard InChI is InChI=1S/C16H28N4O/c1-17-14-10-6-4-5-9-13(14)15-18-16(19-21-15)20-11-7-2-3-8-12-20/h13-14,17H,2-12H2,1H3. The molecule has 0 spiro atoms. The molecule has 0 bridgehead atoms. The Morgan fingerprint density at radius 3 is 2.48 bits per heavy atom. The summed E-state index contributed by atoms with van der Waals surface area (Å²) in [5.74, 6) is 2.03. The van der Waals surface area contributed by atoms with E-state index in [1.165, 1.54) is 51.4 Å². The van der Waals surface area contributed by atoms with Crippen molar-refractivity contribution in [2.75, 3.05) is 25.0 Å². The summed E-state index contributed by atoms with van der Waals surface area (Å²) in [6.07, 6.45) is 11.4. The Morgan fingerprint density at radius 2 is 1.71 bits per heavy atom. The Balaban J connectivity index is 1.73. The van der Waals surface area contributed by atoms with Gasteiger partial charge >= 0.3 is 0 Å². The third kappa shape index (κ3) is 3.57. The molecule has 5 nitrogen and oxygen atoms in total. The van der Waals surface area contributed by atoms with E-state index in [0.29, 0.717) is 12.0 Å². The van der Waals surface area contributed by atoms with E-state index in [2.05, 4.69) is 22.4 Å². The molecule has 0 aromatic carbocycles. The number of nitrogens with zero attached hydrogens (tertiary/aromatic N) is 3. The highest BCUT2D eigenvalue weighted by atomic mass is 16.5. The molecule has 1 aliphatic carbocycles. The maximum absolute atomic E-state index is 5.64. The van der Waals surface area contributed by atoms with Crippen molar-refractivity contribution in [3.05, 3.63) is 5.89 Å². The van der Waals surface area contributed by atoms with Crippen molar-refractivity contribution < 1.29 is 4.52 Å². The maximum atomic E-state index is 5.64. The number of likely N-dealkylation sites (N-methyl/N-ethyl adjacent to an activating group) is 1. The quantitative estimate of drug-likeness (QED) is 0.868. The number of hydrogen-bond acceptors (Lipinski definition) is 5. The minimum atomic E-state index is 0.380. The van der Waals surface area contributed by atoms with Gasteiger partial charge in [0.2, 0.25) is 5.89 Å². The van der Waals surface area contributed by atoms with E-state index < -0.39 is 0 Å². The molecule has 1 aromatic rings. The van der Waals surface area contributed by atoms with E-state index in [1.54, 1.807) is 0 Å². The molecule has 1 aliphatic heterocycles. The van der Waals surface area contributed by atoms with Crippen LogP contribution < -0.4 is 10.2 Å². The molecular formula is C16H28N4O. The monoisotopic (exact) mass is 292 g/mol. The Morgan fingerprint density at radius 1 is 1.00 bits per heavy atom. The van der Waals surface area contributed by atoms with Crippen molar-refractivity contribution in [3.63, 3.8) is 0 Å². The second kappa shape index (κ2) is 7.25. The van der Waals surface area contributed by atoms with E-state index in [-0.39, 0.29) is 0 Å². The topological polar surface area (TPSA) is 54.2 Å². The van der Waals surface area contributed by atoms with Crippen LogP contribution in [-0.2, 0) is 0 Å². The minimum absolute atomic E-state index is 0.380. The lowest BCUT2D eigenvalue weighted by Crippen LogP contribution is -2.31. The van der Waals surface area contributed by atoms with E-state index in [1.807, 2.05) is 0 Å². The second-order valence-corrected chi connectivity index (χ2v) is 6.47. The van der Waals surface area contributed by atoms with Crippen LogP contribution >= 0.6 is 0 Å². The van der Waals surface area contributed by atoms with Crippen LogP contribution in [0.2, 0.25) is 0 Å². The number of aromatic nitrogens is 2. The predicted octanol–water partition coefficient (Wildman–Crippen LogP) is 3.09. The summed E-state index contributed by atoms with van der Waals surface area (Å²) in [5, 5.41) is 7.72. The van der Waals surface area contributed by atoms with Gasteiger partial charge in [0.05, 0.1) is 5.92 Å². The highest BCUT2D eigenvalue weighted by Crippen LogP contribution is 2.32. The molecule has 1 saturated heterocycles. The average molecular weight is 292 g/mol. The Hall–Kier alpha value is -1.10. The van der Waals surface area contributed by atoms with Gasteiger partial charge in [0.15, 0.2) is 0 Å². The summed E-state index contributed by atoms with van der Waals surface area (Å²) in [6.45, 7) is 2.14. The summed E-state index contributed by atoms with van der Waals surface area (Å²) >= 11 is 0. The molecule has 2 unspecified atom stereocenters. The van der Waals surface area contributed by atoms with Crippen molar-refractivity contribution in [2.24, 2.45) is 0 Å². The van der Waals surface area contributed by atoms with Crippen LogP contribution in [0.15, 0.2) is 4.52 Å². The number of rotatable bonds is 3. The molecule has 1 N–H and O–H groups in total. The first-order valence-electron chi connectivity index (χ1n) is 8.64. The normalized spacial score (nSPS) is 28.1. The first-order chi connectivity index (χ1) is 10.4. The maximum Gasteiger partial charge on any atom is 0.266 e. The summed E-state index contributed by atoms with van der Waals surface area (Å²) in [5.41, 5.74) is 0. The zero-order valence-corrected chi connectivity index (χ0v) is 13.2. The fraction of sp³-hybridized carbons (Fsp3) is 0.875. The molecule has 1 saturated carbocycles. The number of anilines is 1. The zero-order valence-electron chi connectivity index (χ0n) is 13.2. The van der Waals surface area contributed by atoms with Gasteiger partial charge in [-0.15, -0.1) is 0 Å². The molecule has 0 radical (unpaired) electrons. The van der Waals surface area contributed by atoms with Gasteiger partial charge in [0.1, 0.15) is 0 Å². The third-order valence-electron chi connectivity index (χ3n) is 5.02. The molecule has 2 heterocycles. The summed E-state index contributed by atoms with van der Waals surface area (Å²) < 4.78 is 5.64. The second-order valence-electron chi connectivity index (χ2n) is 6.47. The third-order valence-corrected chi connectivity index (χ3v) is 5.02. The predicted molar refractivity (Wildman–Crippen MR) is 83.7 cm³/mol. The van der Waals surface area contributed by atoms with E-state index in [4.69, 9.17) is 9.51 Å². The van der Waals surface area contributed by atoms with Crippen molar-refractivity contribution >= 4 is 5.95 Å².